The smallest absolute Gasteiger partial charge is 0.320 e. The van der Waals surface area contributed by atoms with Crippen LogP contribution in [0.4, 0.5) is 0 Å². The Morgan fingerprint density at radius 2 is 2.00 bits per heavy atom. The van der Waals surface area contributed by atoms with Gasteiger partial charge in [-0.15, -0.1) is 0 Å². The summed E-state index contributed by atoms with van der Waals surface area (Å²) in [6.07, 6.45) is 2.81. The van der Waals surface area contributed by atoms with Gasteiger partial charge in [-0.05, 0) is 37.0 Å². The molecule has 2 nitrogen and oxygen atoms in total. The van der Waals surface area contributed by atoms with Gasteiger partial charge in [0, 0.05) is 0 Å². The van der Waals surface area contributed by atoms with E-state index in [2.05, 4.69) is 19.1 Å². The van der Waals surface area contributed by atoms with E-state index in [0.717, 1.165) is 12.0 Å². The third kappa shape index (κ3) is 1.88. The fraction of sp³-hybridized carbons (Fsp3) is 0.400. The zero-order chi connectivity index (χ0) is 12.5. The van der Waals surface area contributed by atoms with Gasteiger partial charge in [0.05, 0.1) is 6.61 Å². The molecule has 0 bridgehead atoms. The molecule has 0 N–H and O–H groups in total. The Balaban J connectivity index is 2.24. The second kappa shape index (κ2) is 4.36. The first-order chi connectivity index (χ1) is 8.15. The third-order valence-corrected chi connectivity index (χ3v) is 3.42. The van der Waals surface area contributed by atoms with Crippen LogP contribution in [0.5, 0.6) is 0 Å². The molecule has 1 atom stereocenters. The Labute approximate surface area is 102 Å². The standard InChI is InChI=1S/C15H18O2/c1-4-15(14(16)17-5-2)10-13(15)12-9-7-6-8-11(12)3/h6-10H,4-5H2,1-3H3. The lowest BCUT2D eigenvalue weighted by Crippen LogP contribution is -2.21. The van der Waals surface area contributed by atoms with Gasteiger partial charge in [-0.25, -0.2) is 0 Å². The van der Waals surface area contributed by atoms with Gasteiger partial charge in [0.1, 0.15) is 5.41 Å². The first-order valence-corrected chi connectivity index (χ1v) is 6.12. The van der Waals surface area contributed by atoms with E-state index in [9.17, 15) is 4.79 Å². The minimum absolute atomic E-state index is 0.110. The number of hydrogen-bond donors (Lipinski definition) is 0. The molecule has 1 aromatic rings. The van der Waals surface area contributed by atoms with Crippen LogP contribution in [0.25, 0.3) is 5.57 Å². The maximum absolute atomic E-state index is 12.0. The normalized spacial score (nSPS) is 21.9. The van der Waals surface area contributed by atoms with Crippen molar-refractivity contribution in [2.24, 2.45) is 5.41 Å². The lowest BCUT2D eigenvalue weighted by atomic mass is 9.92. The van der Waals surface area contributed by atoms with E-state index < -0.39 is 5.41 Å². The highest BCUT2D eigenvalue weighted by Crippen LogP contribution is 2.54. The Morgan fingerprint density at radius 3 is 2.59 bits per heavy atom. The molecule has 0 radical (unpaired) electrons. The van der Waals surface area contributed by atoms with E-state index >= 15 is 0 Å². The highest BCUT2D eigenvalue weighted by atomic mass is 16.5. The molecule has 0 aliphatic heterocycles. The minimum atomic E-state index is -0.456. The molecule has 0 saturated heterocycles. The number of carbonyl (C=O) groups is 1. The van der Waals surface area contributed by atoms with Crippen LogP contribution < -0.4 is 0 Å². The molecule has 0 saturated carbocycles. The minimum Gasteiger partial charge on any atom is -0.465 e. The topological polar surface area (TPSA) is 26.3 Å². The van der Waals surface area contributed by atoms with Gasteiger partial charge < -0.3 is 4.74 Å². The third-order valence-electron chi connectivity index (χ3n) is 3.42. The van der Waals surface area contributed by atoms with E-state index in [1.807, 2.05) is 32.1 Å². The monoisotopic (exact) mass is 230 g/mol. The Bertz CT molecular complexity index is 474. The summed E-state index contributed by atoms with van der Waals surface area (Å²) in [5.41, 5.74) is 3.04. The number of aryl methyl sites for hydroxylation is 1. The Hall–Kier alpha value is -1.57. The van der Waals surface area contributed by atoms with E-state index in [1.54, 1.807) is 0 Å². The molecule has 1 aliphatic carbocycles. The number of carbonyl (C=O) groups excluding carboxylic acids is 1. The number of rotatable bonds is 4. The molecular formula is C15H18O2. The van der Waals surface area contributed by atoms with Crippen molar-refractivity contribution in [2.75, 3.05) is 6.61 Å². The number of hydrogen-bond acceptors (Lipinski definition) is 2. The SMILES string of the molecule is CCOC(=O)C1(CC)C=C1c1ccccc1C. The van der Waals surface area contributed by atoms with Crippen LogP contribution >= 0.6 is 0 Å². The largest absolute Gasteiger partial charge is 0.465 e. The first-order valence-electron chi connectivity index (χ1n) is 6.12. The molecular weight excluding hydrogens is 212 g/mol. The van der Waals surface area contributed by atoms with Gasteiger partial charge in [-0.3, -0.25) is 4.79 Å². The number of ether oxygens (including phenoxy) is 1. The highest BCUT2D eigenvalue weighted by molar-refractivity contribution is 6.06. The van der Waals surface area contributed by atoms with Crippen molar-refractivity contribution in [1.82, 2.24) is 0 Å². The molecule has 90 valence electrons. The molecule has 1 unspecified atom stereocenters. The summed E-state index contributed by atoms with van der Waals surface area (Å²) in [6.45, 7) is 6.38. The van der Waals surface area contributed by atoms with Gasteiger partial charge in [0.15, 0.2) is 0 Å². The Morgan fingerprint density at radius 1 is 1.29 bits per heavy atom. The maximum Gasteiger partial charge on any atom is 0.320 e. The van der Waals surface area contributed by atoms with Crippen LogP contribution in [0.15, 0.2) is 30.3 Å². The van der Waals surface area contributed by atoms with Crippen molar-refractivity contribution in [2.45, 2.75) is 27.2 Å². The molecule has 2 heteroatoms. The molecule has 17 heavy (non-hydrogen) atoms. The molecule has 1 aliphatic rings. The summed E-state index contributed by atoms with van der Waals surface area (Å²) in [6, 6.07) is 8.16. The second-order valence-corrected chi connectivity index (χ2v) is 4.42. The van der Waals surface area contributed by atoms with Crippen molar-refractivity contribution in [3.05, 3.63) is 41.5 Å². The molecule has 0 fully saturated rings. The summed E-state index contributed by atoms with van der Waals surface area (Å²) in [4.78, 5) is 12.0. The average Bonchev–Trinajstić information content (AvgIpc) is 3.06. The summed E-state index contributed by atoms with van der Waals surface area (Å²) in [5.74, 6) is -0.110. The number of benzene rings is 1. The van der Waals surface area contributed by atoms with Gasteiger partial charge in [0.2, 0.25) is 0 Å². The van der Waals surface area contributed by atoms with E-state index in [0.29, 0.717) is 6.61 Å². The first kappa shape index (κ1) is 11.9. The fourth-order valence-corrected chi connectivity index (χ4v) is 2.27. The van der Waals surface area contributed by atoms with E-state index in [1.165, 1.54) is 11.1 Å². The summed E-state index contributed by atoms with van der Waals surface area (Å²) in [7, 11) is 0. The Kier molecular flexibility index (Phi) is 3.05. The highest BCUT2D eigenvalue weighted by Gasteiger charge is 2.51. The van der Waals surface area contributed by atoms with Crippen molar-refractivity contribution in [1.29, 1.82) is 0 Å². The van der Waals surface area contributed by atoms with Crippen LogP contribution in [0.3, 0.4) is 0 Å². The van der Waals surface area contributed by atoms with Crippen molar-refractivity contribution in [3.8, 4) is 0 Å². The molecule has 1 aromatic carbocycles. The van der Waals surface area contributed by atoms with Crippen LogP contribution in [0.2, 0.25) is 0 Å². The quantitative estimate of drug-likeness (QED) is 0.741. The van der Waals surface area contributed by atoms with Crippen LogP contribution in [0, 0.1) is 12.3 Å². The molecule has 0 heterocycles. The predicted molar refractivity (Wildman–Crippen MR) is 68.5 cm³/mol. The lowest BCUT2D eigenvalue weighted by molar-refractivity contribution is -0.148. The van der Waals surface area contributed by atoms with Gasteiger partial charge in [0.25, 0.3) is 0 Å². The molecule has 2 rings (SSSR count). The molecule has 0 amide bonds. The predicted octanol–water partition coefficient (Wildman–Crippen LogP) is 3.35. The van der Waals surface area contributed by atoms with Gasteiger partial charge in [-0.1, -0.05) is 37.3 Å². The zero-order valence-corrected chi connectivity index (χ0v) is 10.6. The van der Waals surface area contributed by atoms with Crippen LogP contribution in [-0.2, 0) is 9.53 Å². The van der Waals surface area contributed by atoms with Crippen molar-refractivity contribution >= 4 is 11.5 Å². The summed E-state index contributed by atoms with van der Waals surface area (Å²) < 4.78 is 5.16. The van der Waals surface area contributed by atoms with E-state index in [-0.39, 0.29) is 5.97 Å². The average molecular weight is 230 g/mol. The zero-order valence-electron chi connectivity index (χ0n) is 10.6. The fourth-order valence-electron chi connectivity index (χ4n) is 2.27. The second-order valence-electron chi connectivity index (χ2n) is 4.42. The van der Waals surface area contributed by atoms with Crippen molar-refractivity contribution < 1.29 is 9.53 Å². The molecule has 0 spiro atoms. The lowest BCUT2D eigenvalue weighted by Gasteiger charge is -2.15. The summed E-state index contributed by atoms with van der Waals surface area (Å²) in [5, 5.41) is 0. The van der Waals surface area contributed by atoms with Gasteiger partial charge in [-0.2, -0.15) is 0 Å². The summed E-state index contributed by atoms with van der Waals surface area (Å²) >= 11 is 0. The molecule has 0 aromatic heterocycles. The van der Waals surface area contributed by atoms with Crippen LogP contribution in [0.1, 0.15) is 31.4 Å². The van der Waals surface area contributed by atoms with E-state index in [4.69, 9.17) is 4.74 Å². The van der Waals surface area contributed by atoms with Crippen LogP contribution in [-0.4, -0.2) is 12.6 Å². The van der Waals surface area contributed by atoms with Crippen molar-refractivity contribution in [3.63, 3.8) is 0 Å². The maximum atomic E-state index is 12.0. The number of esters is 1. The van der Waals surface area contributed by atoms with Gasteiger partial charge >= 0.3 is 5.97 Å².